The Bertz CT molecular complexity index is 681. The molecule has 0 saturated carbocycles. The van der Waals surface area contributed by atoms with Gasteiger partial charge in [-0.25, -0.2) is 4.79 Å². The van der Waals surface area contributed by atoms with E-state index in [9.17, 15) is 9.59 Å². The molecule has 0 aliphatic heterocycles. The summed E-state index contributed by atoms with van der Waals surface area (Å²) in [7, 11) is 1.52. The topological polar surface area (TPSA) is 65.7 Å². The fourth-order valence-electron chi connectivity index (χ4n) is 1.66. The Kier molecular flexibility index (Phi) is 3.89. The molecule has 0 aliphatic rings. The van der Waals surface area contributed by atoms with Gasteiger partial charge in [-0.1, -0.05) is 18.7 Å². The summed E-state index contributed by atoms with van der Waals surface area (Å²) < 4.78 is 15.4. The number of ketones is 1. The highest BCUT2D eigenvalue weighted by Crippen LogP contribution is 2.28. The summed E-state index contributed by atoms with van der Waals surface area (Å²) in [5.41, 5.74) is 0.730. The van der Waals surface area contributed by atoms with Gasteiger partial charge in [-0.2, -0.15) is 0 Å². The first-order chi connectivity index (χ1) is 9.52. The maximum Gasteiger partial charge on any atom is 0.333 e. The minimum absolute atomic E-state index is 0.124. The van der Waals surface area contributed by atoms with Gasteiger partial charge in [0.05, 0.1) is 7.11 Å². The number of rotatable bonds is 5. The van der Waals surface area contributed by atoms with Crippen molar-refractivity contribution >= 4 is 22.7 Å². The van der Waals surface area contributed by atoms with Crippen molar-refractivity contribution in [1.29, 1.82) is 0 Å². The van der Waals surface area contributed by atoms with Crippen LogP contribution in [0.4, 0.5) is 0 Å². The van der Waals surface area contributed by atoms with E-state index in [2.05, 4.69) is 6.58 Å². The van der Waals surface area contributed by atoms with Crippen molar-refractivity contribution in [3.8, 4) is 5.75 Å². The quantitative estimate of drug-likeness (QED) is 0.476. The van der Waals surface area contributed by atoms with Crippen LogP contribution in [0.5, 0.6) is 5.75 Å². The minimum Gasteiger partial charge on any atom is -0.493 e. The number of ether oxygens (including phenoxy) is 2. The highest BCUT2D eigenvalue weighted by atomic mass is 16.5. The lowest BCUT2D eigenvalue weighted by molar-refractivity contribution is -0.137. The highest BCUT2D eigenvalue weighted by Gasteiger charge is 2.16. The van der Waals surface area contributed by atoms with Crippen LogP contribution >= 0.6 is 0 Å². The molecule has 0 radical (unpaired) electrons. The molecular weight excluding hydrogens is 260 g/mol. The number of carbonyl (C=O) groups excluding carboxylic acids is 2. The number of hydrogen-bond donors (Lipinski definition) is 0. The summed E-state index contributed by atoms with van der Waals surface area (Å²) >= 11 is 0. The van der Waals surface area contributed by atoms with Crippen molar-refractivity contribution in [3.63, 3.8) is 0 Å². The molecule has 5 heteroatoms. The molecule has 0 bridgehead atoms. The number of hydrogen-bond acceptors (Lipinski definition) is 5. The van der Waals surface area contributed by atoms with Gasteiger partial charge in [0, 0.05) is 11.0 Å². The van der Waals surface area contributed by atoms with E-state index < -0.39 is 11.8 Å². The van der Waals surface area contributed by atoms with Gasteiger partial charge < -0.3 is 13.9 Å². The normalized spacial score (nSPS) is 10.3. The molecule has 104 valence electrons. The van der Waals surface area contributed by atoms with Crippen molar-refractivity contribution in [2.45, 2.75) is 6.92 Å². The zero-order valence-corrected chi connectivity index (χ0v) is 11.3. The highest BCUT2D eigenvalue weighted by molar-refractivity contribution is 6.00. The zero-order chi connectivity index (χ0) is 14.7. The fraction of sp³-hybridized carbons (Fsp3) is 0.200. The Morgan fingerprint density at radius 2 is 2.10 bits per heavy atom. The molecule has 0 spiro atoms. The van der Waals surface area contributed by atoms with Gasteiger partial charge in [0.25, 0.3) is 0 Å². The number of esters is 1. The van der Waals surface area contributed by atoms with Gasteiger partial charge in [-0.3, -0.25) is 4.79 Å². The van der Waals surface area contributed by atoms with Crippen molar-refractivity contribution < 1.29 is 23.5 Å². The standard InChI is InChI=1S/C15H14O5/c1-9(2)15(17)19-8-11(16)13-7-10-5-4-6-12(18-3)14(10)20-13/h4-7H,1,8H2,2-3H3. The molecule has 2 aromatic rings. The molecule has 1 heterocycles. The first kappa shape index (κ1) is 13.9. The number of carbonyl (C=O) groups is 2. The summed E-state index contributed by atoms with van der Waals surface area (Å²) in [4.78, 5) is 23.1. The first-order valence-corrected chi connectivity index (χ1v) is 5.95. The van der Waals surface area contributed by atoms with Gasteiger partial charge in [-0.05, 0) is 19.1 Å². The molecule has 0 unspecified atom stereocenters. The summed E-state index contributed by atoms with van der Waals surface area (Å²) in [6.07, 6.45) is 0. The SMILES string of the molecule is C=C(C)C(=O)OCC(=O)c1cc2cccc(OC)c2o1. The van der Waals surface area contributed by atoms with Crippen LogP contribution in [0.15, 0.2) is 40.8 Å². The van der Waals surface area contributed by atoms with Crippen LogP contribution in [0.25, 0.3) is 11.0 Å². The fourth-order valence-corrected chi connectivity index (χ4v) is 1.66. The zero-order valence-electron chi connectivity index (χ0n) is 11.3. The van der Waals surface area contributed by atoms with Crippen LogP contribution in [-0.4, -0.2) is 25.5 Å². The summed E-state index contributed by atoms with van der Waals surface area (Å²) in [5.74, 6) is -0.357. The average molecular weight is 274 g/mol. The Hall–Kier alpha value is -2.56. The van der Waals surface area contributed by atoms with Gasteiger partial charge in [0.1, 0.15) is 0 Å². The van der Waals surface area contributed by atoms with Gasteiger partial charge >= 0.3 is 5.97 Å². The summed E-state index contributed by atoms with van der Waals surface area (Å²) in [5, 5.41) is 0.749. The molecule has 1 aromatic heterocycles. The van der Waals surface area contributed by atoms with Gasteiger partial charge in [-0.15, -0.1) is 0 Å². The van der Waals surface area contributed by atoms with E-state index in [4.69, 9.17) is 13.9 Å². The van der Waals surface area contributed by atoms with E-state index in [0.717, 1.165) is 5.39 Å². The molecular formula is C15H14O5. The Balaban J connectivity index is 2.19. The number of furan rings is 1. The molecule has 2 rings (SSSR count). The average Bonchev–Trinajstić information content (AvgIpc) is 2.87. The maximum atomic E-state index is 11.9. The van der Waals surface area contributed by atoms with Crippen molar-refractivity contribution in [2.75, 3.05) is 13.7 Å². The second-order valence-electron chi connectivity index (χ2n) is 4.27. The monoisotopic (exact) mass is 274 g/mol. The van der Waals surface area contributed by atoms with E-state index in [1.54, 1.807) is 24.3 Å². The molecule has 0 N–H and O–H groups in total. The van der Waals surface area contributed by atoms with Crippen molar-refractivity contribution in [1.82, 2.24) is 0 Å². The Morgan fingerprint density at radius 3 is 2.75 bits per heavy atom. The van der Waals surface area contributed by atoms with Crippen LogP contribution in [0.3, 0.4) is 0 Å². The third kappa shape index (κ3) is 2.71. The second-order valence-corrected chi connectivity index (χ2v) is 4.27. The molecule has 0 fully saturated rings. The van der Waals surface area contributed by atoms with E-state index in [1.165, 1.54) is 14.0 Å². The molecule has 0 atom stereocenters. The Morgan fingerprint density at radius 1 is 1.35 bits per heavy atom. The molecule has 0 saturated heterocycles. The van der Waals surface area contributed by atoms with E-state index in [-0.39, 0.29) is 17.9 Å². The van der Waals surface area contributed by atoms with Crippen molar-refractivity contribution in [3.05, 3.63) is 42.2 Å². The van der Waals surface area contributed by atoms with Gasteiger partial charge in [0.15, 0.2) is 23.7 Å². The molecule has 0 aliphatic carbocycles. The Labute approximate surface area is 115 Å². The van der Waals surface area contributed by atoms with Gasteiger partial charge in [0.2, 0.25) is 5.78 Å². The predicted molar refractivity (Wildman–Crippen MR) is 72.9 cm³/mol. The lowest BCUT2D eigenvalue weighted by Gasteiger charge is -2.01. The number of benzene rings is 1. The van der Waals surface area contributed by atoms with Crippen LogP contribution in [0.1, 0.15) is 17.5 Å². The molecule has 20 heavy (non-hydrogen) atoms. The lowest BCUT2D eigenvalue weighted by atomic mass is 10.2. The largest absolute Gasteiger partial charge is 0.493 e. The molecule has 1 aromatic carbocycles. The van der Waals surface area contributed by atoms with Crippen LogP contribution in [0, 0.1) is 0 Å². The third-order valence-corrected chi connectivity index (χ3v) is 2.69. The smallest absolute Gasteiger partial charge is 0.333 e. The summed E-state index contributed by atoms with van der Waals surface area (Å²) in [6, 6.07) is 6.93. The second kappa shape index (κ2) is 5.61. The number of para-hydroxylation sites is 1. The van der Waals surface area contributed by atoms with E-state index in [1.807, 2.05) is 0 Å². The lowest BCUT2D eigenvalue weighted by Crippen LogP contribution is -2.13. The summed E-state index contributed by atoms with van der Waals surface area (Å²) in [6.45, 7) is 4.57. The van der Waals surface area contributed by atoms with Crippen molar-refractivity contribution in [2.24, 2.45) is 0 Å². The first-order valence-electron chi connectivity index (χ1n) is 5.95. The molecule has 0 amide bonds. The van der Waals surface area contributed by atoms with Crippen LogP contribution < -0.4 is 4.74 Å². The van der Waals surface area contributed by atoms with E-state index >= 15 is 0 Å². The number of fused-ring (bicyclic) bond motifs is 1. The number of Topliss-reactive ketones (excluding diaryl/α,β-unsaturated/α-hetero) is 1. The van der Waals surface area contributed by atoms with Crippen LogP contribution in [-0.2, 0) is 9.53 Å². The van der Waals surface area contributed by atoms with E-state index in [0.29, 0.717) is 11.3 Å². The number of methoxy groups -OCH3 is 1. The minimum atomic E-state index is -0.605. The third-order valence-electron chi connectivity index (χ3n) is 2.69. The predicted octanol–water partition coefficient (Wildman–Crippen LogP) is 2.74. The maximum absolute atomic E-state index is 11.9. The molecule has 5 nitrogen and oxygen atoms in total. The van der Waals surface area contributed by atoms with Crippen LogP contribution in [0.2, 0.25) is 0 Å².